The molecule has 1 fully saturated rings. The number of hydrogen-bond acceptors (Lipinski definition) is 6. The summed E-state index contributed by atoms with van der Waals surface area (Å²) in [7, 11) is 0. The van der Waals surface area contributed by atoms with Crippen molar-refractivity contribution in [1.29, 1.82) is 0 Å². The maximum absolute atomic E-state index is 6.30. The van der Waals surface area contributed by atoms with Crippen molar-refractivity contribution < 1.29 is 4.74 Å². The van der Waals surface area contributed by atoms with Crippen molar-refractivity contribution in [2.45, 2.75) is 104 Å². The van der Waals surface area contributed by atoms with Crippen molar-refractivity contribution in [1.82, 2.24) is 19.9 Å². The largest absolute Gasteiger partial charge is 0.485 e. The number of hydrogen-bond donors (Lipinski definition) is 1. The van der Waals surface area contributed by atoms with E-state index < -0.39 is 0 Å². The van der Waals surface area contributed by atoms with Gasteiger partial charge in [-0.15, -0.1) is 0 Å². The predicted octanol–water partition coefficient (Wildman–Crippen LogP) is 7.27. The topological polar surface area (TPSA) is 77.2 Å². The Kier molecular flexibility index (Phi) is 8.09. The van der Waals surface area contributed by atoms with Gasteiger partial charge in [0, 0.05) is 40.8 Å². The van der Waals surface area contributed by atoms with Crippen LogP contribution in [0.2, 0.25) is 0 Å². The van der Waals surface area contributed by atoms with E-state index in [1.165, 1.54) is 24.0 Å². The first-order valence-electron chi connectivity index (χ1n) is 14.2. The van der Waals surface area contributed by atoms with E-state index in [-0.39, 0.29) is 16.4 Å². The van der Waals surface area contributed by atoms with Crippen LogP contribution in [0.4, 0.5) is 5.82 Å². The highest BCUT2D eigenvalue weighted by Crippen LogP contribution is 2.36. The molecule has 3 aromatic rings. The number of nitrogens with zero attached hydrogens (tertiary/aromatic N) is 4. The van der Waals surface area contributed by atoms with Gasteiger partial charge >= 0.3 is 0 Å². The lowest BCUT2D eigenvalue weighted by Crippen LogP contribution is -2.45. The zero-order chi connectivity index (χ0) is 28.6. The van der Waals surface area contributed by atoms with Crippen molar-refractivity contribution >= 4 is 5.82 Å². The fourth-order valence-electron chi connectivity index (χ4n) is 5.60. The summed E-state index contributed by atoms with van der Waals surface area (Å²) in [5.41, 5.74) is 12.9. The molecule has 1 saturated heterocycles. The highest BCUT2D eigenvalue weighted by Gasteiger charge is 2.30. The van der Waals surface area contributed by atoms with Crippen molar-refractivity contribution in [3.8, 4) is 17.0 Å². The molecule has 0 amide bonds. The molecule has 0 aromatic carbocycles. The highest BCUT2D eigenvalue weighted by atomic mass is 16.5. The van der Waals surface area contributed by atoms with E-state index in [1.807, 2.05) is 18.5 Å². The van der Waals surface area contributed by atoms with Crippen LogP contribution in [0.1, 0.15) is 103 Å². The molecule has 0 atom stereocenters. The minimum absolute atomic E-state index is 0.0689. The van der Waals surface area contributed by atoms with E-state index in [0.29, 0.717) is 24.1 Å². The van der Waals surface area contributed by atoms with Crippen molar-refractivity contribution in [2.24, 2.45) is 0 Å². The number of nitrogen functional groups attached to an aromatic ring is 1. The third-order valence-electron chi connectivity index (χ3n) is 7.76. The number of ether oxygens (including phenoxy) is 1. The first kappa shape index (κ1) is 29.0. The molecular weight excluding hydrogens is 482 g/mol. The Morgan fingerprint density at radius 3 is 2.13 bits per heavy atom. The summed E-state index contributed by atoms with van der Waals surface area (Å²) in [4.78, 5) is 16.6. The molecule has 3 aromatic heterocycles. The second-order valence-corrected chi connectivity index (χ2v) is 14.0. The van der Waals surface area contributed by atoms with Gasteiger partial charge in [0.2, 0.25) is 0 Å². The molecule has 1 aliphatic heterocycles. The molecule has 210 valence electrons. The minimum atomic E-state index is -0.0732. The lowest BCUT2D eigenvalue weighted by molar-refractivity contribution is 0.102. The Labute approximate surface area is 235 Å². The average Bonchev–Trinajstić information content (AvgIpc) is 2.86. The first-order valence-corrected chi connectivity index (χ1v) is 14.2. The summed E-state index contributed by atoms with van der Waals surface area (Å²) in [5.74, 6) is 1.51. The molecule has 4 rings (SSSR count). The SMILES string of the molecule is CC(C)(C)c1nccc(COc2cc(-c3ccc(C4CCN(C(C)(C)C)CC4)cn3)cnc2N)c1C(C)(C)C. The zero-order valence-electron chi connectivity index (χ0n) is 25.4. The Balaban J connectivity index is 1.51. The van der Waals surface area contributed by atoms with Crippen LogP contribution in [0.15, 0.2) is 42.9 Å². The molecule has 2 N–H and O–H groups in total. The van der Waals surface area contributed by atoms with Crippen LogP contribution in [-0.2, 0) is 17.4 Å². The number of piperidine rings is 1. The summed E-state index contributed by atoms with van der Waals surface area (Å²) in [6.45, 7) is 22.8. The van der Waals surface area contributed by atoms with Gasteiger partial charge in [-0.1, -0.05) is 47.6 Å². The Hall–Kier alpha value is -2.99. The maximum atomic E-state index is 6.30. The third-order valence-corrected chi connectivity index (χ3v) is 7.76. The van der Waals surface area contributed by atoms with E-state index in [1.54, 1.807) is 6.20 Å². The lowest BCUT2D eigenvalue weighted by Gasteiger charge is -2.41. The van der Waals surface area contributed by atoms with Gasteiger partial charge in [0.15, 0.2) is 11.6 Å². The lowest BCUT2D eigenvalue weighted by atomic mass is 9.76. The Bertz CT molecular complexity index is 1270. The van der Waals surface area contributed by atoms with Gasteiger partial charge in [-0.25, -0.2) is 4.98 Å². The summed E-state index contributed by atoms with van der Waals surface area (Å²) in [5, 5.41) is 0. The van der Waals surface area contributed by atoms with E-state index in [2.05, 4.69) is 90.4 Å². The molecule has 6 heteroatoms. The fourth-order valence-corrected chi connectivity index (χ4v) is 5.60. The summed E-state index contributed by atoms with van der Waals surface area (Å²) < 4.78 is 6.30. The number of anilines is 1. The molecule has 0 bridgehead atoms. The van der Waals surface area contributed by atoms with Crippen LogP contribution in [0, 0.1) is 0 Å². The van der Waals surface area contributed by atoms with Crippen molar-refractivity contribution in [3.05, 3.63) is 65.2 Å². The van der Waals surface area contributed by atoms with Gasteiger partial charge in [0.05, 0.1) is 5.69 Å². The molecule has 0 saturated carbocycles. The molecule has 6 nitrogen and oxygen atoms in total. The smallest absolute Gasteiger partial charge is 0.166 e. The molecule has 0 unspecified atom stereocenters. The van der Waals surface area contributed by atoms with Gasteiger partial charge < -0.3 is 10.5 Å². The van der Waals surface area contributed by atoms with Crippen LogP contribution in [-0.4, -0.2) is 38.5 Å². The van der Waals surface area contributed by atoms with Crippen molar-refractivity contribution in [2.75, 3.05) is 18.8 Å². The molecular formula is C33H47N5O. The molecule has 0 aliphatic carbocycles. The van der Waals surface area contributed by atoms with E-state index in [4.69, 9.17) is 20.4 Å². The number of aromatic nitrogens is 3. The molecule has 0 radical (unpaired) electrons. The molecule has 4 heterocycles. The fraction of sp³-hybridized carbons (Fsp3) is 0.545. The summed E-state index contributed by atoms with van der Waals surface area (Å²) in [6.07, 6.45) is 8.02. The third kappa shape index (κ3) is 6.78. The second-order valence-electron chi connectivity index (χ2n) is 14.0. The standard InChI is InChI=1S/C33H47N5O/c1-31(2,3)28-24(12-15-35-29(28)32(4,5)6)21-39-27-18-25(20-37-30(27)34)26-11-10-23(19-36-26)22-13-16-38(17-14-22)33(7,8)9/h10-12,15,18-20,22H,13-14,16-17,21H2,1-9H3,(H2,34,37). The van der Waals surface area contributed by atoms with E-state index in [9.17, 15) is 0 Å². The minimum Gasteiger partial charge on any atom is -0.485 e. The normalized spacial score (nSPS) is 15.9. The number of likely N-dealkylation sites (tertiary alicyclic amines) is 1. The highest BCUT2D eigenvalue weighted by molar-refractivity contribution is 5.64. The van der Waals surface area contributed by atoms with Crippen LogP contribution >= 0.6 is 0 Å². The van der Waals surface area contributed by atoms with Crippen LogP contribution in [0.5, 0.6) is 5.75 Å². The number of nitrogens with two attached hydrogens (primary N) is 1. The van der Waals surface area contributed by atoms with Gasteiger partial charge in [0.1, 0.15) is 6.61 Å². The number of rotatable bonds is 5. The summed E-state index contributed by atoms with van der Waals surface area (Å²) >= 11 is 0. The van der Waals surface area contributed by atoms with E-state index in [0.717, 1.165) is 35.6 Å². The Morgan fingerprint density at radius 1 is 0.872 bits per heavy atom. The first-order chi connectivity index (χ1) is 18.1. The average molecular weight is 530 g/mol. The molecule has 39 heavy (non-hydrogen) atoms. The summed E-state index contributed by atoms with van der Waals surface area (Å²) in [6, 6.07) is 8.32. The molecule has 0 spiro atoms. The van der Waals surface area contributed by atoms with Gasteiger partial charge in [0.25, 0.3) is 0 Å². The zero-order valence-corrected chi connectivity index (χ0v) is 25.4. The van der Waals surface area contributed by atoms with Gasteiger partial charge in [-0.05, 0) is 92.9 Å². The van der Waals surface area contributed by atoms with Gasteiger partial charge in [-0.3, -0.25) is 14.9 Å². The quantitative estimate of drug-likeness (QED) is 0.374. The number of pyridine rings is 3. The maximum Gasteiger partial charge on any atom is 0.166 e. The second kappa shape index (κ2) is 10.9. The molecule has 1 aliphatic rings. The van der Waals surface area contributed by atoms with E-state index >= 15 is 0 Å². The Morgan fingerprint density at radius 2 is 1.56 bits per heavy atom. The van der Waals surface area contributed by atoms with Crippen molar-refractivity contribution in [3.63, 3.8) is 0 Å². The predicted molar refractivity (Wildman–Crippen MR) is 161 cm³/mol. The van der Waals surface area contributed by atoms with Crippen LogP contribution < -0.4 is 10.5 Å². The van der Waals surface area contributed by atoms with Crippen LogP contribution in [0.3, 0.4) is 0 Å². The van der Waals surface area contributed by atoms with Gasteiger partial charge in [-0.2, -0.15) is 0 Å². The van der Waals surface area contributed by atoms with Crippen LogP contribution in [0.25, 0.3) is 11.3 Å². The monoisotopic (exact) mass is 529 g/mol.